The van der Waals surface area contributed by atoms with Crippen molar-refractivity contribution in [2.24, 2.45) is 0 Å². The van der Waals surface area contributed by atoms with E-state index in [9.17, 15) is 0 Å². The zero-order valence-electron chi connectivity index (χ0n) is 12.8. The highest BCUT2D eigenvalue weighted by Gasteiger charge is 2.08. The van der Waals surface area contributed by atoms with Crippen LogP contribution in [0.2, 0.25) is 0 Å². The third-order valence-electron chi connectivity index (χ3n) is 3.33. The molecule has 1 N–H and O–H groups in total. The van der Waals surface area contributed by atoms with Gasteiger partial charge in [0, 0.05) is 19.6 Å². The van der Waals surface area contributed by atoms with Gasteiger partial charge in [0.15, 0.2) is 0 Å². The summed E-state index contributed by atoms with van der Waals surface area (Å²) in [7, 11) is 4.17. The molecule has 3 nitrogen and oxygen atoms in total. The van der Waals surface area contributed by atoms with Crippen molar-refractivity contribution in [3.63, 3.8) is 0 Å². The van der Waals surface area contributed by atoms with Gasteiger partial charge in [0.1, 0.15) is 12.4 Å². The van der Waals surface area contributed by atoms with Crippen molar-refractivity contribution < 1.29 is 4.74 Å². The average Bonchev–Trinajstić information content (AvgIpc) is 2.42. The van der Waals surface area contributed by atoms with Gasteiger partial charge in [0.05, 0.1) is 0 Å². The highest BCUT2D eigenvalue weighted by molar-refractivity contribution is 5.35. The highest BCUT2D eigenvalue weighted by atomic mass is 16.5. The lowest BCUT2D eigenvalue weighted by Gasteiger charge is -2.16. The number of hydrogen-bond acceptors (Lipinski definition) is 3. The van der Waals surface area contributed by atoms with E-state index in [-0.39, 0.29) is 0 Å². The Hall–Kier alpha value is -1.06. The maximum absolute atomic E-state index is 5.89. The Bertz CT molecular complexity index is 352. The number of likely N-dealkylation sites (N-methyl/N-ethyl adjacent to an activating group) is 1. The number of nitrogens with one attached hydrogen (secondary N) is 1. The molecule has 0 aromatic heterocycles. The highest BCUT2D eigenvalue weighted by Crippen LogP contribution is 2.28. The second-order valence-electron chi connectivity index (χ2n) is 5.25. The van der Waals surface area contributed by atoms with Gasteiger partial charge in [-0.2, -0.15) is 0 Å². The van der Waals surface area contributed by atoms with E-state index in [2.05, 4.69) is 56.4 Å². The molecule has 0 radical (unpaired) electrons. The van der Waals surface area contributed by atoms with Gasteiger partial charge in [-0.1, -0.05) is 32.0 Å². The Morgan fingerprint density at radius 3 is 2.63 bits per heavy atom. The minimum Gasteiger partial charge on any atom is -0.492 e. The van der Waals surface area contributed by atoms with Crippen molar-refractivity contribution in [1.82, 2.24) is 10.2 Å². The summed E-state index contributed by atoms with van der Waals surface area (Å²) in [5.41, 5.74) is 1.32. The number of nitrogens with zero attached hydrogens (tertiary/aromatic N) is 1. The Kier molecular flexibility index (Phi) is 7.53. The number of ether oxygens (including phenoxy) is 1. The quantitative estimate of drug-likeness (QED) is 0.694. The monoisotopic (exact) mass is 264 g/mol. The van der Waals surface area contributed by atoms with Gasteiger partial charge < -0.3 is 15.0 Å². The van der Waals surface area contributed by atoms with Gasteiger partial charge in [-0.25, -0.2) is 0 Å². The van der Waals surface area contributed by atoms with E-state index in [1.54, 1.807) is 0 Å². The molecule has 0 saturated carbocycles. The summed E-state index contributed by atoms with van der Waals surface area (Å²) in [6.07, 6.45) is 1.14. The summed E-state index contributed by atoms with van der Waals surface area (Å²) in [5.74, 6) is 1.59. The van der Waals surface area contributed by atoms with Crippen molar-refractivity contribution in [3.8, 4) is 5.75 Å². The van der Waals surface area contributed by atoms with Crippen LogP contribution in [-0.4, -0.2) is 45.2 Å². The fourth-order valence-corrected chi connectivity index (χ4v) is 1.90. The standard InChI is InChI=1S/C16H28N2O/c1-5-14(2)15-8-6-7-9-16(15)19-13-11-17-10-12-18(3)4/h6-9,14,17H,5,10-13H2,1-4H3/t14-/m0/s1. The van der Waals surface area contributed by atoms with Crippen LogP contribution in [0, 0.1) is 0 Å². The first-order valence-corrected chi connectivity index (χ1v) is 7.22. The van der Waals surface area contributed by atoms with Crippen LogP contribution in [0.5, 0.6) is 5.75 Å². The molecule has 0 bridgehead atoms. The van der Waals surface area contributed by atoms with Gasteiger partial charge in [0.2, 0.25) is 0 Å². The van der Waals surface area contributed by atoms with Crippen molar-refractivity contribution in [3.05, 3.63) is 29.8 Å². The van der Waals surface area contributed by atoms with Gasteiger partial charge in [0.25, 0.3) is 0 Å². The maximum Gasteiger partial charge on any atom is 0.122 e. The van der Waals surface area contributed by atoms with E-state index < -0.39 is 0 Å². The lowest BCUT2D eigenvalue weighted by molar-refractivity contribution is 0.304. The molecule has 0 aliphatic carbocycles. The smallest absolute Gasteiger partial charge is 0.122 e. The molecule has 3 heteroatoms. The molecular weight excluding hydrogens is 236 g/mol. The number of hydrogen-bond donors (Lipinski definition) is 1. The number of rotatable bonds is 9. The molecule has 0 amide bonds. The van der Waals surface area contributed by atoms with Crippen molar-refractivity contribution in [2.45, 2.75) is 26.2 Å². The van der Waals surface area contributed by atoms with Crippen LogP contribution in [0.4, 0.5) is 0 Å². The summed E-state index contributed by atoms with van der Waals surface area (Å²) in [5, 5.41) is 3.38. The number of para-hydroxylation sites is 1. The van der Waals surface area contributed by atoms with Gasteiger partial charge in [-0.15, -0.1) is 0 Å². The molecule has 0 fully saturated rings. The molecular formula is C16H28N2O. The molecule has 1 atom stereocenters. The molecule has 0 saturated heterocycles. The Labute approximate surface area is 118 Å². The summed E-state index contributed by atoms with van der Waals surface area (Å²) in [6.45, 7) is 8.14. The fourth-order valence-electron chi connectivity index (χ4n) is 1.90. The average molecular weight is 264 g/mol. The van der Waals surface area contributed by atoms with E-state index in [0.717, 1.165) is 38.4 Å². The van der Waals surface area contributed by atoms with Crippen molar-refractivity contribution in [2.75, 3.05) is 40.3 Å². The van der Waals surface area contributed by atoms with E-state index in [4.69, 9.17) is 4.74 Å². The first-order valence-electron chi connectivity index (χ1n) is 7.22. The molecule has 108 valence electrons. The second-order valence-corrected chi connectivity index (χ2v) is 5.25. The van der Waals surface area contributed by atoms with Crippen LogP contribution in [0.25, 0.3) is 0 Å². The van der Waals surface area contributed by atoms with Crippen molar-refractivity contribution in [1.29, 1.82) is 0 Å². The van der Waals surface area contributed by atoms with Gasteiger partial charge in [-0.3, -0.25) is 0 Å². The Morgan fingerprint density at radius 2 is 1.95 bits per heavy atom. The zero-order chi connectivity index (χ0) is 14.1. The largest absolute Gasteiger partial charge is 0.492 e. The topological polar surface area (TPSA) is 24.5 Å². The Morgan fingerprint density at radius 1 is 1.21 bits per heavy atom. The summed E-state index contributed by atoms with van der Waals surface area (Å²) >= 11 is 0. The molecule has 0 heterocycles. The van der Waals surface area contributed by atoms with Crippen molar-refractivity contribution >= 4 is 0 Å². The molecule has 0 spiro atoms. The zero-order valence-corrected chi connectivity index (χ0v) is 12.8. The molecule has 0 aliphatic rings. The first-order chi connectivity index (χ1) is 9.15. The minimum absolute atomic E-state index is 0.554. The van der Waals surface area contributed by atoms with Crippen LogP contribution in [0.1, 0.15) is 31.7 Å². The van der Waals surface area contributed by atoms with Gasteiger partial charge in [-0.05, 0) is 38.1 Å². The third kappa shape index (κ3) is 6.08. The maximum atomic E-state index is 5.89. The van der Waals surface area contributed by atoms with E-state index in [1.165, 1.54) is 5.56 Å². The molecule has 1 aromatic carbocycles. The molecule has 1 rings (SSSR count). The third-order valence-corrected chi connectivity index (χ3v) is 3.33. The minimum atomic E-state index is 0.554. The van der Waals surface area contributed by atoms with Gasteiger partial charge >= 0.3 is 0 Å². The fraction of sp³-hybridized carbons (Fsp3) is 0.625. The summed E-state index contributed by atoms with van der Waals surface area (Å²) < 4.78 is 5.89. The number of benzene rings is 1. The van der Waals surface area contributed by atoms with E-state index in [0.29, 0.717) is 5.92 Å². The lowest BCUT2D eigenvalue weighted by atomic mass is 9.98. The predicted octanol–water partition coefficient (Wildman–Crippen LogP) is 2.73. The van der Waals surface area contributed by atoms with Crippen LogP contribution >= 0.6 is 0 Å². The first kappa shape index (κ1) is 16.0. The van der Waals surface area contributed by atoms with Crippen LogP contribution in [0.3, 0.4) is 0 Å². The predicted molar refractivity (Wildman–Crippen MR) is 82.1 cm³/mol. The normalized spacial score (nSPS) is 12.7. The SMILES string of the molecule is CC[C@H](C)c1ccccc1OCCNCCN(C)C. The molecule has 1 aromatic rings. The molecule has 19 heavy (non-hydrogen) atoms. The second kappa shape index (κ2) is 8.94. The van der Waals surface area contributed by atoms with Crippen LogP contribution in [-0.2, 0) is 0 Å². The van der Waals surface area contributed by atoms with E-state index in [1.807, 2.05) is 6.07 Å². The van der Waals surface area contributed by atoms with Crippen LogP contribution in [0.15, 0.2) is 24.3 Å². The Balaban J connectivity index is 2.33. The molecule has 0 aliphatic heterocycles. The van der Waals surface area contributed by atoms with E-state index >= 15 is 0 Å². The summed E-state index contributed by atoms with van der Waals surface area (Å²) in [6, 6.07) is 8.37. The lowest BCUT2D eigenvalue weighted by Crippen LogP contribution is -2.29. The molecule has 0 unspecified atom stereocenters. The van der Waals surface area contributed by atoms with Crippen LogP contribution < -0.4 is 10.1 Å². The summed E-state index contributed by atoms with van der Waals surface area (Å²) in [4.78, 5) is 2.17.